The van der Waals surface area contributed by atoms with Gasteiger partial charge < -0.3 is 9.84 Å². The number of aromatic hydroxyl groups is 1. The molecule has 0 saturated heterocycles. The van der Waals surface area contributed by atoms with Gasteiger partial charge in [0.1, 0.15) is 0 Å². The summed E-state index contributed by atoms with van der Waals surface area (Å²) < 4.78 is 31.8. The molecule has 1 aromatic rings. The van der Waals surface area contributed by atoms with Crippen LogP contribution in [0.4, 0.5) is 8.78 Å². The number of phenols is 1. The molecule has 0 spiro atoms. The number of hydrogen-bond donors (Lipinski definition) is 1. The monoisotopic (exact) mass is 256 g/mol. The highest BCUT2D eigenvalue weighted by Crippen LogP contribution is 2.30. The molecule has 0 aliphatic heterocycles. The zero-order valence-corrected chi connectivity index (χ0v) is 10.5. The molecule has 0 bridgehead atoms. The Bertz CT molecular complexity index is 413. The summed E-state index contributed by atoms with van der Waals surface area (Å²) in [6.45, 7) is 2.64. The predicted octanol–water partition coefficient (Wildman–Crippen LogP) is 3.88. The second-order valence-electron chi connectivity index (χ2n) is 5.15. The Balaban J connectivity index is 1.92. The first-order chi connectivity index (χ1) is 8.58. The Morgan fingerprint density at radius 2 is 1.83 bits per heavy atom. The van der Waals surface area contributed by atoms with Crippen molar-refractivity contribution in [3.8, 4) is 11.5 Å². The third-order valence-electron chi connectivity index (χ3n) is 3.64. The van der Waals surface area contributed by atoms with Crippen molar-refractivity contribution in [2.75, 3.05) is 6.61 Å². The molecule has 100 valence electrons. The number of hydrogen-bond acceptors (Lipinski definition) is 2. The minimum Gasteiger partial charge on any atom is -0.505 e. The molecule has 1 aliphatic rings. The normalized spacial score (nSPS) is 23.9. The van der Waals surface area contributed by atoms with Gasteiger partial charge in [-0.2, -0.15) is 8.78 Å². The third kappa shape index (κ3) is 2.92. The van der Waals surface area contributed by atoms with Gasteiger partial charge in [-0.3, -0.25) is 0 Å². The van der Waals surface area contributed by atoms with E-state index in [0.717, 1.165) is 24.8 Å². The van der Waals surface area contributed by atoms with Crippen LogP contribution in [-0.2, 0) is 0 Å². The van der Waals surface area contributed by atoms with Crippen molar-refractivity contribution in [1.82, 2.24) is 0 Å². The standard InChI is InChI=1S/C14H18F2O2/c1-9-2-4-10(5-3-9)8-18-12-7-6-11(17)13(15)14(12)16/h6-7,9-10,17H,2-5,8H2,1H3. The molecule has 1 aromatic carbocycles. The maximum absolute atomic E-state index is 13.4. The van der Waals surface area contributed by atoms with E-state index >= 15 is 0 Å². The van der Waals surface area contributed by atoms with E-state index in [2.05, 4.69) is 6.92 Å². The van der Waals surface area contributed by atoms with Crippen molar-refractivity contribution in [3.63, 3.8) is 0 Å². The summed E-state index contributed by atoms with van der Waals surface area (Å²) in [7, 11) is 0. The van der Waals surface area contributed by atoms with E-state index in [1.165, 1.54) is 18.9 Å². The first-order valence-electron chi connectivity index (χ1n) is 6.37. The van der Waals surface area contributed by atoms with Crippen LogP contribution < -0.4 is 4.74 Å². The minimum atomic E-state index is -1.25. The molecular weight excluding hydrogens is 238 g/mol. The maximum atomic E-state index is 13.4. The van der Waals surface area contributed by atoms with Crippen LogP contribution in [0.25, 0.3) is 0 Å². The smallest absolute Gasteiger partial charge is 0.204 e. The Morgan fingerprint density at radius 3 is 2.50 bits per heavy atom. The summed E-state index contributed by atoms with van der Waals surface area (Å²) in [6.07, 6.45) is 4.48. The fourth-order valence-corrected chi connectivity index (χ4v) is 2.34. The third-order valence-corrected chi connectivity index (χ3v) is 3.64. The van der Waals surface area contributed by atoms with Gasteiger partial charge in [-0.1, -0.05) is 19.8 Å². The van der Waals surface area contributed by atoms with Gasteiger partial charge in [0.2, 0.25) is 11.6 Å². The SMILES string of the molecule is CC1CCC(COc2ccc(O)c(F)c2F)CC1. The Morgan fingerprint density at radius 1 is 1.17 bits per heavy atom. The summed E-state index contributed by atoms with van der Waals surface area (Å²) in [5.41, 5.74) is 0. The van der Waals surface area contributed by atoms with Gasteiger partial charge in [-0.25, -0.2) is 0 Å². The molecule has 18 heavy (non-hydrogen) atoms. The molecule has 0 aromatic heterocycles. The van der Waals surface area contributed by atoms with Gasteiger partial charge >= 0.3 is 0 Å². The number of rotatable bonds is 3. The molecule has 0 unspecified atom stereocenters. The largest absolute Gasteiger partial charge is 0.505 e. The number of benzene rings is 1. The molecular formula is C14H18F2O2. The van der Waals surface area contributed by atoms with Gasteiger partial charge in [0.25, 0.3) is 0 Å². The Labute approximate surface area is 106 Å². The van der Waals surface area contributed by atoms with Crippen molar-refractivity contribution in [1.29, 1.82) is 0 Å². The maximum Gasteiger partial charge on any atom is 0.204 e. The molecule has 0 heterocycles. The molecule has 0 atom stereocenters. The molecule has 1 fully saturated rings. The van der Waals surface area contributed by atoms with Crippen LogP contribution in [0.15, 0.2) is 12.1 Å². The summed E-state index contributed by atoms with van der Waals surface area (Å²) in [5.74, 6) is -2.00. The van der Waals surface area contributed by atoms with Gasteiger partial charge in [0, 0.05) is 0 Å². The summed E-state index contributed by atoms with van der Waals surface area (Å²) >= 11 is 0. The zero-order chi connectivity index (χ0) is 13.1. The van der Waals surface area contributed by atoms with E-state index < -0.39 is 17.4 Å². The van der Waals surface area contributed by atoms with Crippen molar-refractivity contribution in [3.05, 3.63) is 23.8 Å². The molecule has 0 radical (unpaired) electrons. The number of halogens is 2. The Kier molecular flexibility index (Phi) is 4.04. The van der Waals surface area contributed by atoms with Crippen LogP contribution in [0, 0.1) is 23.5 Å². The van der Waals surface area contributed by atoms with E-state index in [0.29, 0.717) is 12.5 Å². The van der Waals surface area contributed by atoms with E-state index in [4.69, 9.17) is 9.84 Å². The average molecular weight is 256 g/mol. The second kappa shape index (κ2) is 5.55. The van der Waals surface area contributed by atoms with Crippen molar-refractivity contribution in [2.45, 2.75) is 32.6 Å². The summed E-state index contributed by atoms with van der Waals surface area (Å²) in [5, 5.41) is 9.00. The van der Waals surface area contributed by atoms with Crippen LogP contribution in [-0.4, -0.2) is 11.7 Å². The fraction of sp³-hybridized carbons (Fsp3) is 0.571. The lowest BCUT2D eigenvalue weighted by molar-refractivity contribution is 0.181. The topological polar surface area (TPSA) is 29.5 Å². The summed E-state index contributed by atoms with van der Waals surface area (Å²) in [4.78, 5) is 0. The van der Waals surface area contributed by atoms with E-state index in [-0.39, 0.29) is 5.75 Å². The van der Waals surface area contributed by atoms with E-state index in [9.17, 15) is 8.78 Å². The number of phenolic OH excluding ortho intramolecular Hbond substituents is 1. The molecule has 2 rings (SSSR count). The highest BCUT2D eigenvalue weighted by atomic mass is 19.2. The van der Waals surface area contributed by atoms with Crippen molar-refractivity contribution >= 4 is 0 Å². The lowest BCUT2D eigenvalue weighted by atomic mass is 9.83. The molecule has 1 saturated carbocycles. The van der Waals surface area contributed by atoms with Crippen molar-refractivity contribution < 1.29 is 18.6 Å². The van der Waals surface area contributed by atoms with Crippen LogP contribution in [0.3, 0.4) is 0 Å². The fourth-order valence-electron chi connectivity index (χ4n) is 2.34. The lowest BCUT2D eigenvalue weighted by Gasteiger charge is -2.26. The average Bonchev–Trinajstić information content (AvgIpc) is 2.37. The minimum absolute atomic E-state index is 0.121. The zero-order valence-electron chi connectivity index (χ0n) is 10.5. The van der Waals surface area contributed by atoms with E-state index in [1.807, 2.05) is 0 Å². The van der Waals surface area contributed by atoms with Crippen molar-refractivity contribution in [2.24, 2.45) is 11.8 Å². The van der Waals surface area contributed by atoms with Gasteiger partial charge in [0.15, 0.2) is 11.5 Å². The molecule has 0 amide bonds. The van der Waals surface area contributed by atoms with Crippen LogP contribution in [0.2, 0.25) is 0 Å². The second-order valence-corrected chi connectivity index (χ2v) is 5.15. The molecule has 4 heteroatoms. The van der Waals surface area contributed by atoms with Crippen LogP contribution >= 0.6 is 0 Å². The quantitative estimate of drug-likeness (QED) is 0.889. The highest BCUT2D eigenvalue weighted by molar-refractivity contribution is 5.33. The first-order valence-corrected chi connectivity index (χ1v) is 6.37. The molecule has 1 N–H and O–H groups in total. The lowest BCUT2D eigenvalue weighted by Crippen LogP contribution is -2.19. The predicted molar refractivity (Wildman–Crippen MR) is 64.6 cm³/mol. The summed E-state index contributed by atoms with van der Waals surface area (Å²) in [6, 6.07) is 2.37. The van der Waals surface area contributed by atoms with Gasteiger partial charge in [0.05, 0.1) is 6.61 Å². The molecule has 2 nitrogen and oxygen atoms in total. The first kappa shape index (κ1) is 13.1. The Hall–Kier alpha value is -1.32. The number of ether oxygens (including phenoxy) is 1. The van der Waals surface area contributed by atoms with E-state index in [1.54, 1.807) is 0 Å². The van der Waals surface area contributed by atoms with Gasteiger partial charge in [-0.15, -0.1) is 0 Å². The molecule has 1 aliphatic carbocycles. The van der Waals surface area contributed by atoms with Gasteiger partial charge in [-0.05, 0) is 36.8 Å². The highest BCUT2D eigenvalue weighted by Gasteiger charge is 2.20. The van der Waals surface area contributed by atoms with Crippen LogP contribution in [0.5, 0.6) is 11.5 Å². The van der Waals surface area contributed by atoms with Crippen LogP contribution in [0.1, 0.15) is 32.6 Å².